The van der Waals surface area contributed by atoms with Crippen LogP contribution in [0.5, 0.6) is 5.75 Å². The van der Waals surface area contributed by atoms with Gasteiger partial charge >= 0.3 is 0 Å². The van der Waals surface area contributed by atoms with Crippen LogP contribution in [-0.2, 0) is 11.3 Å². The number of fused-ring (bicyclic) bond motifs is 1. The minimum Gasteiger partial charge on any atom is -0.497 e. The molecule has 8 heteroatoms. The Balaban J connectivity index is 1.57. The van der Waals surface area contributed by atoms with Crippen LogP contribution < -0.4 is 10.1 Å². The fourth-order valence-electron chi connectivity index (χ4n) is 3.82. The summed E-state index contributed by atoms with van der Waals surface area (Å²) in [5.41, 5.74) is 2.77. The number of hydrogen-bond donors (Lipinski definition) is 1. The minimum atomic E-state index is -0.498. The number of rotatable bonds is 7. The van der Waals surface area contributed by atoms with Crippen molar-refractivity contribution in [2.75, 3.05) is 12.4 Å². The number of methoxy groups -OCH3 is 1. The zero-order chi connectivity index (χ0) is 22.7. The quantitative estimate of drug-likeness (QED) is 0.443. The van der Waals surface area contributed by atoms with Gasteiger partial charge in [-0.2, -0.15) is 0 Å². The highest BCUT2D eigenvalue weighted by molar-refractivity contribution is 5.99. The zero-order valence-electron chi connectivity index (χ0n) is 17.4. The number of carbonyl (C=O) groups is 2. The van der Waals surface area contributed by atoms with Gasteiger partial charge in [-0.3, -0.25) is 19.7 Å². The maximum Gasteiger partial charge on any atom is 0.269 e. The molecule has 0 bridgehead atoms. The molecule has 0 saturated carbocycles. The van der Waals surface area contributed by atoms with Crippen LogP contribution in [0.2, 0.25) is 0 Å². The van der Waals surface area contributed by atoms with E-state index < -0.39 is 11.0 Å². The Hall–Kier alpha value is -4.20. The number of hydrogen-bond acceptors (Lipinski definition) is 5. The molecule has 0 spiro atoms. The second-order valence-corrected chi connectivity index (χ2v) is 7.44. The van der Waals surface area contributed by atoms with E-state index in [4.69, 9.17) is 4.74 Å². The largest absolute Gasteiger partial charge is 0.497 e. The van der Waals surface area contributed by atoms with Gasteiger partial charge in [0, 0.05) is 29.9 Å². The summed E-state index contributed by atoms with van der Waals surface area (Å²) in [6.45, 7) is 0.413. The summed E-state index contributed by atoms with van der Waals surface area (Å²) < 4.78 is 5.22. The smallest absolute Gasteiger partial charge is 0.269 e. The Bertz CT molecular complexity index is 1160. The van der Waals surface area contributed by atoms with Crippen LogP contribution in [0.25, 0.3) is 0 Å². The first kappa shape index (κ1) is 21.0. The monoisotopic (exact) mass is 431 g/mol. The number of nitrogens with zero attached hydrogens (tertiary/aromatic N) is 2. The molecule has 2 amide bonds. The Morgan fingerprint density at radius 2 is 1.78 bits per heavy atom. The predicted molar refractivity (Wildman–Crippen MR) is 118 cm³/mol. The molecule has 0 fully saturated rings. The van der Waals surface area contributed by atoms with E-state index >= 15 is 0 Å². The Kier molecular flexibility index (Phi) is 5.85. The summed E-state index contributed by atoms with van der Waals surface area (Å²) in [5, 5.41) is 13.6. The zero-order valence-corrected chi connectivity index (χ0v) is 17.4. The van der Waals surface area contributed by atoms with Crippen molar-refractivity contribution >= 4 is 23.2 Å². The molecule has 0 radical (unpaired) electrons. The molecule has 162 valence electrons. The van der Waals surface area contributed by atoms with Crippen LogP contribution in [0.15, 0.2) is 72.8 Å². The van der Waals surface area contributed by atoms with Crippen LogP contribution in [0, 0.1) is 10.1 Å². The molecular formula is C24H21N3O5. The Morgan fingerprint density at radius 1 is 1.09 bits per heavy atom. The molecule has 1 aliphatic heterocycles. The van der Waals surface area contributed by atoms with Gasteiger partial charge in [-0.25, -0.2) is 0 Å². The number of amides is 2. The average molecular weight is 431 g/mol. The summed E-state index contributed by atoms with van der Waals surface area (Å²) >= 11 is 0. The molecule has 8 nitrogen and oxygen atoms in total. The van der Waals surface area contributed by atoms with Gasteiger partial charge in [0.15, 0.2) is 0 Å². The lowest BCUT2D eigenvalue weighted by atomic mass is 10.0. The van der Waals surface area contributed by atoms with Crippen LogP contribution in [-0.4, -0.2) is 28.7 Å². The van der Waals surface area contributed by atoms with Crippen molar-refractivity contribution in [2.24, 2.45) is 0 Å². The number of nitro groups is 1. The molecule has 0 saturated heterocycles. The average Bonchev–Trinajstić information content (AvgIpc) is 3.14. The fourth-order valence-corrected chi connectivity index (χ4v) is 3.82. The predicted octanol–water partition coefficient (Wildman–Crippen LogP) is 4.33. The molecular weight excluding hydrogens is 410 g/mol. The molecule has 0 aromatic heterocycles. The van der Waals surface area contributed by atoms with Crippen molar-refractivity contribution < 1.29 is 19.2 Å². The van der Waals surface area contributed by atoms with Crippen molar-refractivity contribution in [2.45, 2.75) is 19.0 Å². The van der Waals surface area contributed by atoms with Gasteiger partial charge in [-0.05, 0) is 41.5 Å². The van der Waals surface area contributed by atoms with E-state index in [-0.39, 0.29) is 23.9 Å². The lowest BCUT2D eigenvalue weighted by Gasteiger charge is -2.28. The lowest BCUT2D eigenvalue weighted by molar-refractivity contribution is -0.384. The van der Waals surface area contributed by atoms with Gasteiger partial charge in [-0.15, -0.1) is 0 Å². The minimum absolute atomic E-state index is 0.0308. The van der Waals surface area contributed by atoms with Crippen LogP contribution in [0.4, 0.5) is 11.4 Å². The third kappa shape index (κ3) is 4.29. The topological polar surface area (TPSA) is 102 Å². The van der Waals surface area contributed by atoms with E-state index in [0.29, 0.717) is 23.5 Å². The molecule has 1 aliphatic rings. The van der Waals surface area contributed by atoms with E-state index in [9.17, 15) is 19.7 Å². The van der Waals surface area contributed by atoms with Crippen molar-refractivity contribution in [1.82, 2.24) is 4.90 Å². The van der Waals surface area contributed by atoms with E-state index in [1.165, 1.54) is 24.3 Å². The molecule has 0 aliphatic carbocycles. The Labute approximate surface area is 184 Å². The van der Waals surface area contributed by atoms with Crippen LogP contribution >= 0.6 is 0 Å². The summed E-state index contributed by atoms with van der Waals surface area (Å²) in [5.74, 6) is 0.256. The number of carbonyl (C=O) groups excluding carboxylic acids is 2. The molecule has 3 aromatic rings. The molecule has 1 atom stereocenters. The normalized spacial score (nSPS) is 13.4. The van der Waals surface area contributed by atoms with Gasteiger partial charge in [-0.1, -0.05) is 30.3 Å². The number of ether oxygens (including phenoxy) is 1. The standard InChI is InChI=1S/C24H21N3O5/c1-32-20-12-6-16(7-13-20)22(26-15-17-4-2-3-5-21(17)24(26)29)14-23(28)25-18-8-10-19(11-9-18)27(30)31/h2-13,22H,14-15H2,1H3,(H,25,28). The van der Waals surface area contributed by atoms with Gasteiger partial charge in [0.2, 0.25) is 5.91 Å². The second kappa shape index (κ2) is 8.89. The highest BCUT2D eigenvalue weighted by Crippen LogP contribution is 2.34. The number of nitrogens with one attached hydrogen (secondary N) is 1. The first-order valence-electron chi connectivity index (χ1n) is 10.0. The first-order chi connectivity index (χ1) is 15.5. The summed E-state index contributed by atoms with van der Waals surface area (Å²) in [4.78, 5) is 38.0. The summed E-state index contributed by atoms with van der Waals surface area (Å²) in [6.07, 6.45) is 0.0308. The van der Waals surface area contributed by atoms with Crippen molar-refractivity contribution in [1.29, 1.82) is 0 Å². The van der Waals surface area contributed by atoms with Crippen LogP contribution in [0.1, 0.15) is 33.9 Å². The summed E-state index contributed by atoms with van der Waals surface area (Å²) in [6, 6.07) is 19.8. The lowest BCUT2D eigenvalue weighted by Crippen LogP contribution is -2.32. The molecule has 3 aromatic carbocycles. The number of benzene rings is 3. The number of non-ortho nitro benzene ring substituents is 1. The molecule has 1 heterocycles. The third-order valence-electron chi connectivity index (χ3n) is 5.47. The third-order valence-corrected chi connectivity index (χ3v) is 5.47. The van der Waals surface area contributed by atoms with Gasteiger partial charge in [0.25, 0.3) is 11.6 Å². The maximum atomic E-state index is 13.1. The second-order valence-electron chi connectivity index (χ2n) is 7.44. The van der Waals surface area contributed by atoms with Crippen molar-refractivity contribution in [3.8, 4) is 5.75 Å². The van der Waals surface area contributed by atoms with Gasteiger partial charge in [0.1, 0.15) is 5.75 Å². The van der Waals surface area contributed by atoms with E-state index in [0.717, 1.165) is 11.1 Å². The molecule has 4 rings (SSSR count). The Morgan fingerprint density at radius 3 is 2.41 bits per heavy atom. The van der Waals surface area contributed by atoms with Gasteiger partial charge in [0.05, 0.1) is 24.5 Å². The fraction of sp³-hybridized carbons (Fsp3) is 0.167. The van der Waals surface area contributed by atoms with Crippen molar-refractivity contribution in [3.63, 3.8) is 0 Å². The van der Waals surface area contributed by atoms with Crippen molar-refractivity contribution in [3.05, 3.63) is 99.6 Å². The van der Waals surface area contributed by atoms with E-state index in [1.54, 1.807) is 30.2 Å². The van der Waals surface area contributed by atoms with Gasteiger partial charge < -0.3 is 15.0 Å². The van der Waals surface area contributed by atoms with Crippen LogP contribution in [0.3, 0.4) is 0 Å². The molecule has 32 heavy (non-hydrogen) atoms. The number of anilines is 1. The highest BCUT2D eigenvalue weighted by atomic mass is 16.6. The first-order valence-corrected chi connectivity index (χ1v) is 10.0. The summed E-state index contributed by atoms with van der Waals surface area (Å²) in [7, 11) is 1.57. The number of nitro benzene ring substituents is 1. The molecule has 1 N–H and O–H groups in total. The highest BCUT2D eigenvalue weighted by Gasteiger charge is 2.34. The SMILES string of the molecule is COc1ccc(C(CC(=O)Nc2ccc([N+](=O)[O-])cc2)N2Cc3ccccc3C2=O)cc1. The maximum absolute atomic E-state index is 13.1. The van der Waals surface area contributed by atoms with E-state index in [2.05, 4.69) is 5.32 Å². The molecule has 1 unspecified atom stereocenters. The van der Waals surface area contributed by atoms with E-state index in [1.807, 2.05) is 30.3 Å².